The molecule has 0 amide bonds. The molecule has 0 spiro atoms. The number of methoxy groups -OCH3 is 1. The molecule has 0 radical (unpaired) electrons. The van der Waals surface area contributed by atoms with Gasteiger partial charge in [-0.3, -0.25) is 0 Å². The Kier molecular flexibility index (Phi) is 10.6. The van der Waals surface area contributed by atoms with Gasteiger partial charge in [0.2, 0.25) is 0 Å². The summed E-state index contributed by atoms with van der Waals surface area (Å²) in [5, 5.41) is 0. The molecule has 0 heterocycles. The van der Waals surface area contributed by atoms with E-state index in [1.165, 1.54) is 62.5 Å². The van der Waals surface area contributed by atoms with Crippen molar-refractivity contribution in [3.8, 4) is 12.8 Å². The predicted octanol–water partition coefficient (Wildman–Crippen LogP) is 6.13. The molecule has 3 heteroatoms. The van der Waals surface area contributed by atoms with Gasteiger partial charge in [0, 0.05) is 7.11 Å². The van der Waals surface area contributed by atoms with Gasteiger partial charge in [0.25, 0.3) is 0 Å². The lowest BCUT2D eigenvalue weighted by Gasteiger charge is -2.37. The van der Waals surface area contributed by atoms with Crippen molar-refractivity contribution in [2.45, 2.75) is 70.8 Å². The summed E-state index contributed by atoms with van der Waals surface area (Å²) in [6.45, 7) is 3.58. The van der Waals surface area contributed by atoms with Gasteiger partial charge in [-0.15, -0.1) is 12.8 Å². The van der Waals surface area contributed by atoms with E-state index in [1.54, 1.807) is 7.11 Å². The Balaban J connectivity index is 0.00000136. The fourth-order valence-corrected chi connectivity index (χ4v) is 4.90. The molecule has 156 valence electrons. The standard InChI is InChI=1S/C23H36O3.C2H2/c1-18-3-7-20(8-4-18)22-11-13-23(14-12-22)21-9-5-19(6-10-21)15-25-17-26-16-24-2;1-2/h5-6,9-10,18,20,22-23H,3-4,7-8,11-17H2,1-2H3;1-2H. The van der Waals surface area contributed by atoms with Crippen LogP contribution in [0.3, 0.4) is 0 Å². The zero-order valence-electron chi connectivity index (χ0n) is 17.8. The molecule has 0 bridgehead atoms. The first kappa shape index (κ1) is 22.9. The van der Waals surface area contributed by atoms with Crippen molar-refractivity contribution < 1.29 is 14.2 Å². The lowest BCUT2D eigenvalue weighted by atomic mass is 9.68. The third kappa shape index (κ3) is 7.24. The minimum Gasteiger partial charge on any atom is -0.359 e. The second-order valence-electron chi connectivity index (χ2n) is 8.45. The molecule has 2 fully saturated rings. The molecule has 3 rings (SSSR count). The molecule has 0 N–H and O–H groups in total. The van der Waals surface area contributed by atoms with E-state index < -0.39 is 0 Å². The summed E-state index contributed by atoms with van der Waals surface area (Å²) in [7, 11) is 1.61. The van der Waals surface area contributed by atoms with Gasteiger partial charge in [-0.2, -0.15) is 0 Å². The van der Waals surface area contributed by atoms with Gasteiger partial charge in [-0.05, 0) is 73.3 Å². The third-order valence-electron chi connectivity index (χ3n) is 6.59. The zero-order chi connectivity index (χ0) is 20.2. The maximum Gasteiger partial charge on any atom is 0.150 e. The summed E-state index contributed by atoms with van der Waals surface area (Å²) >= 11 is 0. The van der Waals surface area contributed by atoms with Gasteiger partial charge < -0.3 is 14.2 Å². The molecule has 0 aromatic heterocycles. The highest BCUT2D eigenvalue weighted by atomic mass is 16.7. The molecule has 1 aromatic rings. The van der Waals surface area contributed by atoms with Crippen molar-refractivity contribution >= 4 is 0 Å². The van der Waals surface area contributed by atoms with Gasteiger partial charge in [0.1, 0.15) is 13.6 Å². The van der Waals surface area contributed by atoms with Crippen molar-refractivity contribution in [2.75, 3.05) is 20.7 Å². The second kappa shape index (κ2) is 13.0. The maximum atomic E-state index is 5.49. The van der Waals surface area contributed by atoms with Gasteiger partial charge in [-0.25, -0.2) is 0 Å². The number of rotatable bonds is 8. The van der Waals surface area contributed by atoms with E-state index in [4.69, 9.17) is 14.2 Å². The van der Waals surface area contributed by atoms with Crippen LogP contribution in [0.25, 0.3) is 0 Å². The van der Waals surface area contributed by atoms with Gasteiger partial charge in [-0.1, -0.05) is 44.0 Å². The number of hydrogen-bond donors (Lipinski definition) is 0. The van der Waals surface area contributed by atoms with Crippen molar-refractivity contribution in [3.05, 3.63) is 35.4 Å². The fraction of sp³-hybridized carbons (Fsp3) is 0.680. The smallest absolute Gasteiger partial charge is 0.150 e. The van der Waals surface area contributed by atoms with E-state index in [0.717, 1.165) is 23.7 Å². The number of hydrogen-bond acceptors (Lipinski definition) is 3. The first-order chi connectivity index (χ1) is 13.8. The lowest BCUT2D eigenvalue weighted by molar-refractivity contribution is -0.124. The Morgan fingerprint density at radius 2 is 1.36 bits per heavy atom. The van der Waals surface area contributed by atoms with Crippen molar-refractivity contribution in [2.24, 2.45) is 17.8 Å². The number of ether oxygens (including phenoxy) is 3. The Morgan fingerprint density at radius 3 is 1.93 bits per heavy atom. The Morgan fingerprint density at radius 1 is 0.786 bits per heavy atom. The first-order valence-corrected chi connectivity index (χ1v) is 10.8. The van der Waals surface area contributed by atoms with Crippen LogP contribution in [0, 0.1) is 30.6 Å². The number of terminal acetylenes is 1. The van der Waals surface area contributed by atoms with E-state index in [1.807, 2.05) is 0 Å². The Labute approximate surface area is 172 Å². The van der Waals surface area contributed by atoms with Gasteiger partial charge in [0.15, 0.2) is 0 Å². The van der Waals surface area contributed by atoms with E-state index >= 15 is 0 Å². The Bertz CT molecular complexity index is 535. The topological polar surface area (TPSA) is 27.7 Å². The maximum absolute atomic E-state index is 5.49. The van der Waals surface area contributed by atoms with E-state index in [2.05, 4.69) is 44.0 Å². The highest BCUT2D eigenvalue weighted by Gasteiger charge is 2.30. The van der Waals surface area contributed by atoms with E-state index in [-0.39, 0.29) is 13.6 Å². The van der Waals surface area contributed by atoms with Gasteiger partial charge in [0.05, 0.1) is 6.61 Å². The predicted molar refractivity (Wildman–Crippen MR) is 115 cm³/mol. The first-order valence-electron chi connectivity index (χ1n) is 10.8. The van der Waals surface area contributed by atoms with Crippen molar-refractivity contribution in [3.63, 3.8) is 0 Å². The molecule has 28 heavy (non-hydrogen) atoms. The molecule has 3 nitrogen and oxygen atoms in total. The van der Waals surface area contributed by atoms with Gasteiger partial charge >= 0.3 is 0 Å². The summed E-state index contributed by atoms with van der Waals surface area (Å²) in [6, 6.07) is 9.03. The van der Waals surface area contributed by atoms with E-state index in [9.17, 15) is 0 Å². The van der Waals surface area contributed by atoms with Crippen molar-refractivity contribution in [1.82, 2.24) is 0 Å². The molecule has 2 aliphatic rings. The van der Waals surface area contributed by atoms with Crippen LogP contribution < -0.4 is 0 Å². The third-order valence-corrected chi connectivity index (χ3v) is 6.59. The highest BCUT2D eigenvalue weighted by Crippen LogP contribution is 2.43. The van der Waals surface area contributed by atoms with Crippen molar-refractivity contribution in [1.29, 1.82) is 0 Å². The van der Waals surface area contributed by atoms with Crippen LogP contribution in [0.1, 0.15) is 75.3 Å². The van der Waals surface area contributed by atoms with Crippen LogP contribution in [0.2, 0.25) is 0 Å². The van der Waals surface area contributed by atoms with Crippen LogP contribution in [0.4, 0.5) is 0 Å². The minimum absolute atomic E-state index is 0.277. The zero-order valence-corrected chi connectivity index (χ0v) is 17.8. The molecular formula is C25H38O3. The SMILES string of the molecule is C#C.COCOCOCc1ccc(C2CCC(C3CCC(C)CC3)CC2)cc1. The number of benzene rings is 1. The summed E-state index contributed by atoms with van der Waals surface area (Å²) < 4.78 is 15.5. The summed E-state index contributed by atoms with van der Waals surface area (Å²) in [4.78, 5) is 0. The average Bonchev–Trinajstić information content (AvgIpc) is 2.76. The molecule has 0 saturated heterocycles. The molecule has 2 saturated carbocycles. The largest absolute Gasteiger partial charge is 0.359 e. The average molecular weight is 387 g/mol. The fourth-order valence-electron chi connectivity index (χ4n) is 4.90. The van der Waals surface area contributed by atoms with E-state index in [0.29, 0.717) is 6.61 Å². The molecule has 1 aromatic carbocycles. The lowest BCUT2D eigenvalue weighted by Crippen LogP contribution is -2.24. The highest BCUT2D eigenvalue weighted by molar-refractivity contribution is 5.25. The van der Waals surface area contributed by atoms with Crippen LogP contribution in [-0.4, -0.2) is 20.7 Å². The quantitative estimate of drug-likeness (QED) is 0.305. The molecule has 2 aliphatic carbocycles. The molecule has 0 aliphatic heterocycles. The second-order valence-corrected chi connectivity index (χ2v) is 8.45. The monoisotopic (exact) mass is 386 g/mol. The van der Waals surface area contributed by atoms with Crippen LogP contribution in [0.15, 0.2) is 24.3 Å². The summed E-state index contributed by atoms with van der Waals surface area (Å²) in [5.41, 5.74) is 2.72. The van der Waals surface area contributed by atoms with Crippen LogP contribution in [-0.2, 0) is 20.8 Å². The summed E-state index contributed by atoms with van der Waals surface area (Å²) in [6.07, 6.45) is 19.5. The van der Waals surface area contributed by atoms with Crippen LogP contribution >= 0.6 is 0 Å². The molecule has 0 atom stereocenters. The summed E-state index contributed by atoms with van der Waals surface area (Å²) in [5.74, 6) is 3.75. The van der Waals surface area contributed by atoms with Crippen LogP contribution in [0.5, 0.6) is 0 Å². The normalized spacial score (nSPS) is 27.6. The Hall–Kier alpha value is -1.34. The molecular weight excluding hydrogens is 348 g/mol. The molecule has 0 unspecified atom stereocenters. The minimum atomic E-state index is 0.277.